The van der Waals surface area contributed by atoms with Crippen molar-refractivity contribution in [1.82, 2.24) is 56.8 Å². The van der Waals surface area contributed by atoms with E-state index in [1.54, 1.807) is 66.7 Å². The number of carbonyl (C=O) groups excluding carboxylic acids is 7. The van der Waals surface area contributed by atoms with Gasteiger partial charge in [-0.05, 0) is 68.5 Å². The van der Waals surface area contributed by atoms with Crippen LogP contribution in [0.2, 0.25) is 0 Å². The van der Waals surface area contributed by atoms with Crippen LogP contribution in [-0.2, 0) is 25.7 Å². The molecule has 4 amide bonds. The molecule has 0 aliphatic carbocycles. The number of aromatic amines is 1. The predicted molar refractivity (Wildman–Crippen MR) is 308 cm³/mol. The number of benzene rings is 1. The van der Waals surface area contributed by atoms with Gasteiger partial charge in [0.25, 0.3) is 17.7 Å². The third-order valence-electron chi connectivity index (χ3n) is 11.3. The fraction of sp³-hybridized carbons (Fsp3) is 0.294. The molecule has 5 aromatic heterocycles. The Labute approximate surface area is 468 Å². The molecule has 0 fully saturated rings. The molecule has 0 saturated heterocycles. The second kappa shape index (κ2) is 29.5. The van der Waals surface area contributed by atoms with Crippen LogP contribution in [0.1, 0.15) is 113 Å². The third kappa shape index (κ3) is 16.5. The average molecular weight is 1160 g/mol. The summed E-state index contributed by atoms with van der Waals surface area (Å²) in [6, 6.07) is 3.88. The Morgan fingerprint density at radius 2 is 1.64 bits per heavy atom. The van der Waals surface area contributed by atoms with Gasteiger partial charge in [0.15, 0.2) is 6.29 Å². The molecule has 0 aliphatic heterocycles. The first kappa shape index (κ1) is 59.3. The van der Waals surface area contributed by atoms with Gasteiger partial charge in [-0.15, -0.1) is 57.1 Å². The molecule has 404 valence electrons. The van der Waals surface area contributed by atoms with Crippen molar-refractivity contribution in [2.45, 2.75) is 64.8 Å². The number of aldehydes is 1. The summed E-state index contributed by atoms with van der Waals surface area (Å²) in [7, 11) is 4.95. The number of nitrogens with one attached hydrogen (secondary N) is 8. The summed E-state index contributed by atoms with van der Waals surface area (Å²) in [5, 5.41) is 35.8. The maximum absolute atomic E-state index is 13.7. The Morgan fingerprint density at radius 1 is 0.883 bits per heavy atom. The quantitative estimate of drug-likeness (QED) is 0.00779. The first-order valence-electron chi connectivity index (χ1n) is 23.7. The number of nitrogens with zero attached hydrogens (tertiary/aromatic N) is 4. The number of aryl methyl sites for hydroxylation is 1. The lowest BCUT2D eigenvalue weighted by atomic mass is 10.1. The van der Waals surface area contributed by atoms with E-state index in [0.29, 0.717) is 68.0 Å². The highest BCUT2D eigenvalue weighted by Gasteiger charge is 2.25. The Hall–Kier alpha value is -6.94. The number of rotatable bonds is 28. The number of likely N-dealkylation sites (N-methyl/N-ethyl adjacent to an activating group) is 1. The zero-order valence-electron chi connectivity index (χ0n) is 42.6. The SMILES string of the molecule is C/C=C(\NC(=O)C(CC)NC(=O)c1cscn1)c1nc(C(=O)NC(CCC(=O)OCc2cccc3[nH]c(C(=O)SCC(NC)c4nc(/C=C/C=C\C(=N)c5nc(C(=O)NC)cs5)cs4)c(C)c23)CS/C=C(/C=O)NC)cs1. The van der Waals surface area contributed by atoms with Gasteiger partial charge in [0.2, 0.25) is 11.0 Å². The minimum absolute atomic E-state index is 0.0535. The zero-order valence-corrected chi connectivity index (χ0v) is 47.5. The van der Waals surface area contributed by atoms with Crippen LogP contribution in [0.25, 0.3) is 22.7 Å². The van der Waals surface area contributed by atoms with Crippen molar-refractivity contribution < 1.29 is 38.3 Å². The molecule has 0 spiro atoms. The van der Waals surface area contributed by atoms with Crippen molar-refractivity contribution in [2.75, 3.05) is 32.6 Å². The van der Waals surface area contributed by atoms with Crippen LogP contribution in [0.3, 0.4) is 0 Å². The van der Waals surface area contributed by atoms with E-state index in [1.807, 2.05) is 43.6 Å². The minimum atomic E-state index is -0.849. The smallest absolute Gasteiger partial charge is 0.306 e. The summed E-state index contributed by atoms with van der Waals surface area (Å²) < 4.78 is 5.78. The van der Waals surface area contributed by atoms with Gasteiger partial charge in [-0.25, -0.2) is 19.9 Å². The monoisotopic (exact) mass is 1160 g/mol. The predicted octanol–water partition coefficient (Wildman–Crippen LogP) is 7.43. The molecular weight excluding hydrogens is 1100 g/mol. The highest BCUT2D eigenvalue weighted by Crippen LogP contribution is 2.31. The average Bonchev–Trinajstić information content (AvgIpc) is 4.32. The van der Waals surface area contributed by atoms with Gasteiger partial charge in [0, 0.05) is 70.5 Å². The minimum Gasteiger partial charge on any atom is -0.461 e. The normalized spacial score (nSPS) is 13.1. The first-order valence-corrected chi connectivity index (χ1v) is 29.4. The Kier molecular flexibility index (Phi) is 22.8. The summed E-state index contributed by atoms with van der Waals surface area (Å²) in [5.74, 6) is -1.56. The van der Waals surface area contributed by atoms with E-state index in [9.17, 15) is 33.6 Å². The molecule has 6 rings (SSSR count). The summed E-state index contributed by atoms with van der Waals surface area (Å²) >= 11 is 7.52. The topological polar surface area (TPSA) is 292 Å². The molecule has 0 bridgehead atoms. The highest BCUT2D eigenvalue weighted by molar-refractivity contribution is 8.14. The van der Waals surface area contributed by atoms with Crippen LogP contribution < -0.4 is 31.9 Å². The van der Waals surface area contributed by atoms with Crippen molar-refractivity contribution in [3.8, 4) is 0 Å². The van der Waals surface area contributed by atoms with Gasteiger partial charge >= 0.3 is 5.97 Å². The number of esters is 1. The van der Waals surface area contributed by atoms with Crippen LogP contribution in [-0.4, -0.2) is 116 Å². The van der Waals surface area contributed by atoms with E-state index in [0.717, 1.165) is 39.2 Å². The Bertz CT molecular complexity index is 3210. The summed E-state index contributed by atoms with van der Waals surface area (Å²) in [6.45, 7) is 5.26. The molecule has 1 aromatic carbocycles. The van der Waals surface area contributed by atoms with Gasteiger partial charge in [-0.1, -0.05) is 49.0 Å². The van der Waals surface area contributed by atoms with Crippen LogP contribution in [0.15, 0.2) is 80.6 Å². The second-order valence-electron chi connectivity index (χ2n) is 16.4. The molecule has 20 nitrogen and oxygen atoms in total. The molecule has 0 radical (unpaired) electrons. The summed E-state index contributed by atoms with van der Waals surface area (Å²) in [6.07, 6.45) is 9.65. The number of ether oxygens (including phenoxy) is 1. The number of H-pyrrole nitrogens is 1. The first-order chi connectivity index (χ1) is 37.2. The molecule has 6 aromatic rings. The highest BCUT2D eigenvalue weighted by atomic mass is 32.2. The molecule has 8 N–H and O–H groups in total. The lowest BCUT2D eigenvalue weighted by molar-refractivity contribution is -0.145. The summed E-state index contributed by atoms with van der Waals surface area (Å²) in [4.78, 5) is 110. The Balaban J connectivity index is 1.02. The van der Waals surface area contributed by atoms with Gasteiger partial charge in [0.1, 0.15) is 44.8 Å². The number of aromatic nitrogens is 5. The van der Waals surface area contributed by atoms with Gasteiger partial charge in [-0.2, -0.15) is 0 Å². The van der Waals surface area contributed by atoms with E-state index in [4.69, 9.17) is 15.1 Å². The molecule has 3 atom stereocenters. The van der Waals surface area contributed by atoms with E-state index < -0.39 is 35.8 Å². The largest absolute Gasteiger partial charge is 0.461 e. The fourth-order valence-electron chi connectivity index (χ4n) is 7.14. The van der Waals surface area contributed by atoms with Crippen LogP contribution in [0.4, 0.5) is 0 Å². The molecule has 77 heavy (non-hydrogen) atoms. The maximum atomic E-state index is 13.7. The number of hydrogen-bond acceptors (Lipinski definition) is 21. The molecule has 5 heterocycles. The van der Waals surface area contributed by atoms with Crippen molar-refractivity contribution in [3.63, 3.8) is 0 Å². The van der Waals surface area contributed by atoms with Crippen molar-refractivity contribution >= 4 is 138 Å². The number of fused-ring (bicyclic) bond motifs is 1. The third-order valence-corrected chi connectivity index (χ3v) is 16.6. The summed E-state index contributed by atoms with van der Waals surface area (Å²) in [5.41, 5.74) is 6.25. The lowest BCUT2D eigenvalue weighted by Gasteiger charge is -2.17. The molecule has 0 aliphatic rings. The molecule has 26 heteroatoms. The van der Waals surface area contributed by atoms with Crippen LogP contribution >= 0.6 is 68.9 Å². The fourth-order valence-corrected chi connectivity index (χ4v) is 12.2. The van der Waals surface area contributed by atoms with Crippen molar-refractivity contribution in [1.29, 1.82) is 5.41 Å². The van der Waals surface area contributed by atoms with Crippen molar-refractivity contribution in [2.24, 2.45) is 0 Å². The van der Waals surface area contributed by atoms with Gasteiger partial charge < -0.3 is 41.6 Å². The number of amides is 4. The van der Waals surface area contributed by atoms with Gasteiger partial charge in [-0.3, -0.25) is 39.0 Å². The Morgan fingerprint density at radius 3 is 2.34 bits per heavy atom. The van der Waals surface area contributed by atoms with Crippen molar-refractivity contribution in [3.05, 3.63) is 135 Å². The molecule has 0 saturated carbocycles. The standard InChI is InChI=1S/C51H56N12O8S6/c1-7-34(60-46(68)37-23-73-27-56-37)45(67)61-35(8-2)49-63-39(25-76-49)47(69)57-31(20-72-21-32(18-64)53-4)16-17-41(65)71-19-29-12-11-15-36-42(29)28(3)43(59-36)51(70)77-26-40(54-5)50-58-30(22-74-50)13-9-10-14-33(52)48-62-38(24-75-48)44(66)55-6/h8-15,18,21-25,27,31,34,40,52-54,59H,7,16-17,19-20,26H2,1-6H3,(H,55,66)(H,57,69)(H,60,68)(H,61,67)/b13-9+,14-10-,32-21-,35-8-,52-33?. The number of thiazole rings is 4. The maximum Gasteiger partial charge on any atom is 0.306 e. The number of thioether (sulfide) groups is 2. The zero-order chi connectivity index (χ0) is 55.4. The number of hydrogen-bond donors (Lipinski definition) is 8. The number of allylic oxidation sites excluding steroid dienone is 5. The molecular formula is C51H56N12O8S6. The van der Waals surface area contributed by atoms with E-state index in [1.165, 1.54) is 58.3 Å². The van der Waals surface area contributed by atoms with E-state index in [-0.39, 0.29) is 59.3 Å². The van der Waals surface area contributed by atoms with E-state index in [2.05, 4.69) is 51.8 Å². The number of carbonyl (C=O) groups is 7. The lowest BCUT2D eigenvalue weighted by Crippen LogP contribution is -2.45. The van der Waals surface area contributed by atoms with Crippen LogP contribution in [0, 0.1) is 12.3 Å². The molecule has 3 unspecified atom stereocenters. The second-order valence-corrected chi connectivity index (χ2v) is 21.7. The van der Waals surface area contributed by atoms with E-state index >= 15 is 0 Å². The van der Waals surface area contributed by atoms with Crippen LogP contribution in [0.5, 0.6) is 0 Å². The van der Waals surface area contributed by atoms with Gasteiger partial charge in [0.05, 0.1) is 40.0 Å².